The molecule has 1 unspecified atom stereocenters. The molecule has 1 aliphatic rings. The molecule has 0 aromatic carbocycles. The molecule has 21 heavy (non-hydrogen) atoms. The molecule has 1 aromatic heterocycles. The average molecular weight is 324 g/mol. The molecule has 0 aliphatic carbocycles. The Morgan fingerprint density at radius 1 is 1.48 bits per heavy atom. The van der Waals surface area contributed by atoms with Gasteiger partial charge in [0.2, 0.25) is 5.82 Å². The average Bonchev–Trinajstić information content (AvgIpc) is 2.94. The highest BCUT2D eigenvalue weighted by Crippen LogP contribution is 2.29. The molecule has 118 valence electrons. The smallest absolute Gasteiger partial charge is 0.387 e. The van der Waals surface area contributed by atoms with E-state index >= 15 is 0 Å². The van der Waals surface area contributed by atoms with Crippen LogP contribution in [0, 0.1) is 0 Å². The summed E-state index contributed by atoms with van der Waals surface area (Å²) in [5.41, 5.74) is 4.97. The van der Waals surface area contributed by atoms with Crippen LogP contribution in [-0.2, 0) is 19.3 Å². The Bertz CT molecular complexity index is 630. The lowest BCUT2D eigenvalue weighted by Crippen LogP contribution is -2.34. The van der Waals surface area contributed by atoms with Crippen molar-refractivity contribution in [2.75, 3.05) is 6.61 Å². The Labute approximate surface area is 118 Å². The third-order valence-corrected chi connectivity index (χ3v) is 3.14. The maximum absolute atomic E-state index is 10.9. The Morgan fingerprint density at radius 2 is 2.14 bits per heavy atom. The van der Waals surface area contributed by atoms with Crippen LogP contribution in [-0.4, -0.2) is 68.8 Å². The van der Waals surface area contributed by atoms with Crippen LogP contribution in [0.5, 0.6) is 0 Å². The van der Waals surface area contributed by atoms with Crippen molar-refractivity contribution < 1.29 is 36.9 Å². The summed E-state index contributed by atoms with van der Waals surface area (Å²) in [5, 5.41) is 23.2. The standard InChI is InChI=1S/C8H12N4O8S/c9-6(15)7-10-2-12(11-7)8-5(14)4(13)3(20-8)1-19-21(16,17)18/h2-5,8,13-14H,1H2,(H2,9,15)(H,16,17,18)/t3-,4+,5?,8-/m1/s1. The first kappa shape index (κ1) is 15.7. The molecule has 5 N–H and O–H groups in total. The molecule has 0 saturated carbocycles. The number of amides is 1. The van der Waals surface area contributed by atoms with Gasteiger partial charge in [-0.15, -0.1) is 5.10 Å². The van der Waals surface area contributed by atoms with Gasteiger partial charge in [0, 0.05) is 0 Å². The van der Waals surface area contributed by atoms with Crippen molar-refractivity contribution in [1.82, 2.24) is 14.8 Å². The molecular formula is C8H12N4O8S. The summed E-state index contributed by atoms with van der Waals surface area (Å²) < 4.78 is 39.6. The van der Waals surface area contributed by atoms with E-state index in [0.29, 0.717) is 0 Å². The first-order valence-corrected chi connectivity index (χ1v) is 6.90. The number of carbonyl (C=O) groups is 1. The minimum atomic E-state index is -4.71. The Morgan fingerprint density at radius 3 is 2.67 bits per heavy atom. The van der Waals surface area contributed by atoms with Crippen LogP contribution in [0.25, 0.3) is 0 Å². The zero-order valence-corrected chi connectivity index (χ0v) is 11.1. The molecule has 4 atom stereocenters. The van der Waals surface area contributed by atoms with Crippen molar-refractivity contribution >= 4 is 16.3 Å². The number of hydrogen-bond acceptors (Lipinski definition) is 9. The maximum Gasteiger partial charge on any atom is 0.397 e. The summed E-state index contributed by atoms with van der Waals surface area (Å²) in [7, 11) is -4.71. The summed E-state index contributed by atoms with van der Waals surface area (Å²) >= 11 is 0. The van der Waals surface area contributed by atoms with E-state index in [-0.39, 0.29) is 5.82 Å². The third-order valence-electron chi connectivity index (χ3n) is 2.71. The van der Waals surface area contributed by atoms with Gasteiger partial charge in [0.1, 0.15) is 24.6 Å². The van der Waals surface area contributed by atoms with E-state index in [1.54, 1.807) is 0 Å². The van der Waals surface area contributed by atoms with E-state index in [1.165, 1.54) is 0 Å². The largest absolute Gasteiger partial charge is 0.397 e. The third kappa shape index (κ3) is 3.52. The monoisotopic (exact) mass is 324 g/mol. The van der Waals surface area contributed by atoms with E-state index in [9.17, 15) is 23.4 Å². The Kier molecular flexibility index (Phi) is 4.22. The van der Waals surface area contributed by atoms with Crippen molar-refractivity contribution in [3.8, 4) is 0 Å². The lowest BCUT2D eigenvalue weighted by atomic mass is 10.1. The zero-order valence-electron chi connectivity index (χ0n) is 10.3. The van der Waals surface area contributed by atoms with Crippen molar-refractivity contribution in [2.24, 2.45) is 5.73 Å². The summed E-state index contributed by atoms with van der Waals surface area (Å²) in [5.74, 6) is -1.22. The second kappa shape index (κ2) is 5.63. The minimum Gasteiger partial charge on any atom is -0.387 e. The molecule has 0 radical (unpaired) electrons. The van der Waals surface area contributed by atoms with Gasteiger partial charge in [-0.3, -0.25) is 9.35 Å². The number of ether oxygens (including phenoxy) is 1. The highest BCUT2D eigenvalue weighted by molar-refractivity contribution is 7.80. The summed E-state index contributed by atoms with van der Waals surface area (Å²) in [4.78, 5) is 14.4. The van der Waals surface area contributed by atoms with Crippen molar-refractivity contribution in [3.63, 3.8) is 0 Å². The van der Waals surface area contributed by atoms with E-state index in [4.69, 9.17) is 15.0 Å². The van der Waals surface area contributed by atoms with Gasteiger partial charge in [-0.25, -0.2) is 13.8 Å². The van der Waals surface area contributed by atoms with Gasteiger partial charge in [0.05, 0.1) is 6.61 Å². The second-order valence-corrected chi connectivity index (χ2v) is 5.26. The van der Waals surface area contributed by atoms with Gasteiger partial charge >= 0.3 is 10.4 Å². The van der Waals surface area contributed by atoms with Gasteiger partial charge in [0.25, 0.3) is 5.91 Å². The number of carbonyl (C=O) groups excluding carboxylic acids is 1. The fraction of sp³-hybridized carbons (Fsp3) is 0.625. The SMILES string of the molecule is NC(=O)c1ncn([C@@H]2O[C@H](COS(=O)(=O)O)[C@H](O)C2O)n1. The van der Waals surface area contributed by atoms with Gasteiger partial charge in [-0.05, 0) is 0 Å². The second-order valence-electron chi connectivity index (χ2n) is 4.17. The Hall–Kier alpha value is -1.64. The molecule has 1 fully saturated rings. The van der Waals surface area contributed by atoms with E-state index in [0.717, 1.165) is 11.0 Å². The molecular weight excluding hydrogens is 312 g/mol. The van der Waals surface area contributed by atoms with Gasteiger partial charge in [-0.1, -0.05) is 0 Å². The lowest BCUT2D eigenvalue weighted by molar-refractivity contribution is -0.0559. The normalized spacial score (nSPS) is 29.7. The van der Waals surface area contributed by atoms with Crippen LogP contribution < -0.4 is 5.73 Å². The van der Waals surface area contributed by atoms with Crippen LogP contribution in [0.2, 0.25) is 0 Å². The summed E-state index contributed by atoms with van der Waals surface area (Å²) in [6, 6.07) is 0. The van der Waals surface area contributed by atoms with Crippen LogP contribution in [0.1, 0.15) is 16.8 Å². The van der Waals surface area contributed by atoms with E-state index < -0.39 is 47.5 Å². The molecule has 0 spiro atoms. The molecule has 2 rings (SSSR count). The van der Waals surface area contributed by atoms with E-state index in [2.05, 4.69) is 14.3 Å². The molecule has 1 aliphatic heterocycles. The van der Waals surface area contributed by atoms with Crippen LogP contribution >= 0.6 is 0 Å². The van der Waals surface area contributed by atoms with Crippen LogP contribution in [0.3, 0.4) is 0 Å². The highest BCUT2D eigenvalue weighted by atomic mass is 32.3. The predicted octanol–water partition coefficient (Wildman–Crippen LogP) is -3.18. The van der Waals surface area contributed by atoms with Crippen molar-refractivity contribution in [2.45, 2.75) is 24.5 Å². The number of nitrogens with zero attached hydrogens (tertiary/aromatic N) is 3. The molecule has 1 saturated heterocycles. The molecule has 1 aromatic rings. The minimum absolute atomic E-state index is 0.321. The van der Waals surface area contributed by atoms with Gasteiger partial charge < -0.3 is 20.7 Å². The first-order valence-electron chi connectivity index (χ1n) is 5.53. The van der Waals surface area contributed by atoms with Crippen molar-refractivity contribution in [1.29, 1.82) is 0 Å². The fourth-order valence-electron chi connectivity index (χ4n) is 1.75. The Balaban J connectivity index is 2.10. The number of nitrogens with two attached hydrogens (primary N) is 1. The van der Waals surface area contributed by atoms with Gasteiger partial charge in [0.15, 0.2) is 6.23 Å². The number of aromatic nitrogens is 3. The predicted molar refractivity (Wildman–Crippen MR) is 62.0 cm³/mol. The van der Waals surface area contributed by atoms with Gasteiger partial charge in [-0.2, -0.15) is 8.42 Å². The highest BCUT2D eigenvalue weighted by Gasteiger charge is 2.45. The van der Waals surface area contributed by atoms with Crippen molar-refractivity contribution in [3.05, 3.63) is 12.2 Å². The maximum atomic E-state index is 10.9. The first-order chi connectivity index (χ1) is 9.69. The number of aliphatic hydroxyl groups is 2. The molecule has 1 amide bonds. The quantitative estimate of drug-likeness (QED) is 0.402. The fourth-order valence-corrected chi connectivity index (χ4v) is 2.05. The molecule has 12 nitrogen and oxygen atoms in total. The van der Waals surface area contributed by atoms with Crippen LogP contribution in [0.4, 0.5) is 0 Å². The van der Waals surface area contributed by atoms with E-state index in [1.807, 2.05) is 0 Å². The molecule has 0 bridgehead atoms. The topological polar surface area (TPSA) is 187 Å². The number of rotatable bonds is 5. The number of aliphatic hydroxyl groups excluding tert-OH is 2. The molecule has 13 heteroatoms. The zero-order chi connectivity index (χ0) is 15.8. The number of primary amides is 1. The lowest BCUT2D eigenvalue weighted by Gasteiger charge is -2.13. The number of hydrogen-bond donors (Lipinski definition) is 4. The summed E-state index contributed by atoms with van der Waals surface area (Å²) in [6.07, 6.45) is -4.41. The van der Waals surface area contributed by atoms with Crippen LogP contribution in [0.15, 0.2) is 6.33 Å². The summed E-state index contributed by atoms with van der Waals surface area (Å²) in [6.45, 7) is -0.717. The molecule has 2 heterocycles.